The number of benzene rings is 1. The maximum absolute atomic E-state index is 12.6. The molecule has 0 aromatic heterocycles. The molecule has 0 saturated heterocycles. The van der Waals surface area contributed by atoms with Crippen molar-refractivity contribution in [3.63, 3.8) is 0 Å². The van der Waals surface area contributed by atoms with E-state index in [1.54, 1.807) is 0 Å². The zero-order valence-electron chi connectivity index (χ0n) is 12.6. The summed E-state index contributed by atoms with van der Waals surface area (Å²) in [4.78, 5) is 14.5. The molecular formula is C17H24N2O2. The monoisotopic (exact) mass is 288 g/mol. The van der Waals surface area contributed by atoms with Crippen molar-refractivity contribution in [1.29, 1.82) is 0 Å². The molecule has 1 aliphatic heterocycles. The van der Waals surface area contributed by atoms with Gasteiger partial charge in [0.05, 0.1) is 6.10 Å². The van der Waals surface area contributed by atoms with Crippen molar-refractivity contribution in [3.8, 4) is 0 Å². The number of fused-ring (bicyclic) bond motifs is 1. The van der Waals surface area contributed by atoms with Crippen LogP contribution in [0.5, 0.6) is 0 Å². The number of carbonyl (C=O) groups excluding carboxylic acids is 1. The van der Waals surface area contributed by atoms with Gasteiger partial charge in [0, 0.05) is 31.3 Å². The van der Waals surface area contributed by atoms with Gasteiger partial charge >= 0.3 is 0 Å². The number of hydrogen-bond acceptors (Lipinski definition) is 3. The lowest BCUT2D eigenvalue weighted by Crippen LogP contribution is -2.47. The lowest BCUT2D eigenvalue weighted by Gasteiger charge is -2.38. The molecule has 1 aliphatic carbocycles. The summed E-state index contributed by atoms with van der Waals surface area (Å²) in [5.74, 6) is 0.678. The van der Waals surface area contributed by atoms with Crippen LogP contribution in [0.25, 0.3) is 0 Å². The molecule has 0 spiro atoms. The molecular weight excluding hydrogens is 264 g/mol. The Labute approximate surface area is 126 Å². The third-order valence-corrected chi connectivity index (χ3v) is 4.54. The molecule has 21 heavy (non-hydrogen) atoms. The van der Waals surface area contributed by atoms with E-state index in [4.69, 9.17) is 10.5 Å². The summed E-state index contributed by atoms with van der Waals surface area (Å²) >= 11 is 0. The molecule has 0 bridgehead atoms. The van der Waals surface area contributed by atoms with E-state index in [1.807, 2.05) is 30.0 Å². The minimum atomic E-state index is 0.0430. The Balaban J connectivity index is 1.63. The van der Waals surface area contributed by atoms with Crippen molar-refractivity contribution in [1.82, 2.24) is 0 Å². The first-order chi connectivity index (χ1) is 10.2. The number of para-hydroxylation sites is 1. The number of rotatable bonds is 4. The molecule has 1 amide bonds. The zero-order valence-corrected chi connectivity index (χ0v) is 12.6. The van der Waals surface area contributed by atoms with E-state index in [9.17, 15) is 4.79 Å². The van der Waals surface area contributed by atoms with Gasteiger partial charge in [0.1, 0.15) is 0 Å². The van der Waals surface area contributed by atoms with Crippen LogP contribution in [0.3, 0.4) is 0 Å². The summed E-state index contributed by atoms with van der Waals surface area (Å²) in [6.07, 6.45) is 3.87. The quantitative estimate of drug-likeness (QED) is 0.923. The Hall–Kier alpha value is -1.39. The third kappa shape index (κ3) is 3.11. The predicted octanol–water partition coefficient (Wildman–Crippen LogP) is 2.11. The van der Waals surface area contributed by atoms with Crippen LogP contribution < -0.4 is 10.6 Å². The highest BCUT2D eigenvalue weighted by atomic mass is 16.5. The predicted molar refractivity (Wildman–Crippen MR) is 83.2 cm³/mol. The number of nitrogens with zero attached hydrogens (tertiary/aromatic N) is 1. The Bertz CT molecular complexity index is 511. The van der Waals surface area contributed by atoms with Crippen LogP contribution in [0, 0.1) is 5.92 Å². The molecule has 1 heterocycles. The molecule has 2 aliphatic rings. The van der Waals surface area contributed by atoms with Crippen molar-refractivity contribution in [2.75, 3.05) is 18.1 Å². The SMILES string of the molecule is CCOC1CC(CC(=O)N2CC(N)Cc3ccccc32)C1. The highest BCUT2D eigenvalue weighted by molar-refractivity contribution is 5.95. The summed E-state index contributed by atoms with van der Waals surface area (Å²) in [6.45, 7) is 3.42. The minimum Gasteiger partial charge on any atom is -0.378 e. The smallest absolute Gasteiger partial charge is 0.227 e. The number of carbonyl (C=O) groups is 1. The van der Waals surface area contributed by atoms with E-state index in [2.05, 4.69) is 6.07 Å². The fourth-order valence-electron chi connectivity index (χ4n) is 3.43. The highest BCUT2D eigenvalue weighted by Crippen LogP contribution is 2.34. The molecule has 1 unspecified atom stereocenters. The van der Waals surface area contributed by atoms with Gasteiger partial charge in [0.2, 0.25) is 5.91 Å². The molecule has 3 rings (SSSR count). The Morgan fingerprint density at radius 3 is 2.90 bits per heavy atom. The van der Waals surface area contributed by atoms with E-state index in [-0.39, 0.29) is 11.9 Å². The van der Waals surface area contributed by atoms with Gasteiger partial charge in [-0.2, -0.15) is 0 Å². The number of anilines is 1. The summed E-state index contributed by atoms with van der Waals surface area (Å²) in [5.41, 5.74) is 8.33. The summed E-state index contributed by atoms with van der Waals surface area (Å²) in [6, 6.07) is 8.15. The van der Waals surface area contributed by atoms with Gasteiger partial charge in [-0.25, -0.2) is 0 Å². The van der Waals surface area contributed by atoms with E-state index in [1.165, 1.54) is 5.56 Å². The number of hydrogen-bond donors (Lipinski definition) is 1. The third-order valence-electron chi connectivity index (χ3n) is 4.54. The van der Waals surface area contributed by atoms with Gasteiger partial charge < -0.3 is 15.4 Å². The normalized spacial score (nSPS) is 27.9. The van der Waals surface area contributed by atoms with E-state index in [0.717, 1.165) is 31.6 Å². The molecule has 114 valence electrons. The maximum atomic E-state index is 12.6. The standard InChI is InChI=1S/C17H24N2O2/c1-2-21-15-7-12(8-15)9-17(20)19-11-14(18)10-13-5-3-4-6-16(13)19/h3-6,12,14-15H,2,7-11,18H2,1H3. The van der Waals surface area contributed by atoms with Gasteiger partial charge in [0.25, 0.3) is 0 Å². The summed E-state index contributed by atoms with van der Waals surface area (Å²) in [7, 11) is 0. The fraction of sp³-hybridized carbons (Fsp3) is 0.588. The Morgan fingerprint density at radius 1 is 1.38 bits per heavy atom. The second-order valence-corrected chi connectivity index (χ2v) is 6.22. The average molecular weight is 288 g/mol. The van der Waals surface area contributed by atoms with Crippen LogP contribution in [0.2, 0.25) is 0 Å². The number of ether oxygens (including phenoxy) is 1. The Kier molecular flexibility index (Phi) is 4.27. The van der Waals surface area contributed by atoms with Gasteiger partial charge in [-0.15, -0.1) is 0 Å². The molecule has 4 nitrogen and oxygen atoms in total. The van der Waals surface area contributed by atoms with E-state index < -0.39 is 0 Å². The van der Waals surface area contributed by atoms with Crippen LogP contribution in [-0.4, -0.2) is 31.2 Å². The highest BCUT2D eigenvalue weighted by Gasteiger charge is 2.34. The minimum absolute atomic E-state index is 0.0430. The van der Waals surface area contributed by atoms with Crippen LogP contribution in [0.15, 0.2) is 24.3 Å². The molecule has 4 heteroatoms. The number of amides is 1. The van der Waals surface area contributed by atoms with Crippen molar-refractivity contribution in [2.45, 2.75) is 44.8 Å². The topological polar surface area (TPSA) is 55.6 Å². The van der Waals surface area contributed by atoms with Gasteiger partial charge in [0.15, 0.2) is 0 Å². The van der Waals surface area contributed by atoms with E-state index >= 15 is 0 Å². The van der Waals surface area contributed by atoms with E-state index in [0.29, 0.717) is 25.0 Å². The molecule has 0 radical (unpaired) electrons. The molecule has 1 fully saturated rings. The molecule has 1 aromatic carbocycles. The molecule has 1 atom stereocenters. The van der Waals surface area contributed by atoms with Crippen molar-refractivity contribution >= 4 is 11.6 Å². The van der Waals surface area contributed by atoms with Gasteiger partial charge in [-0.1, -0.05) is 18.2 Å². The zero-order chi connectivity index (χ0) is 14.8. The fourth-order valence-corrected chi connectivity index (χ4v) is 3.43. The second-order valence-electron chi connectivity index (χ2n) is 6.22. The molecule has 1 saturated carbocycles. The Morgan fingerprint density at radius 2 is 2.14 bits per heavy atom. The average Bonchev–Trinajstić information content (AvgIpc) is 2.44. The van der Waals surface area contributed by atoms with Crippen molar-refractivity contribution in [3.05, 3.63) is 29.8 Å². The van der Waals surface area contributed by atoms with Crippen LogP contribution in [0.1, 0.15) is 31.7 Å². The van der Waals surface area contributed by atoms with Crippen molar-refractivity contribution in [2.24, 2.45) is 11.7 Å². The maximum Gasteiger partial charge on any atom is 0.227 e. The summed E-state index contributed by atoms with van der Waals surface area (Å²) in [5, 5.41) is 0. The lowest BCUT2D eigenvalue weighted by atomic mass is 9.79. The first-order valence-corrected chi connectivity index (χ1v) is 7.92. The summed E-state index contributed by atoms with van der Waals surface area (Å²) < 4.78 is 5.56. The first-order valence-electron chi connectivity index (χ1n) is 7.92. The largest absolute Gasteiger partial charge is 0.378 e. The molecule has 2 N–H and O–H groups in total. The molecule has 1 aromatic rings. The second kappa shape index (κ2) is 6.16. The number of nitrogens with two attached hydrogens (primary N) is 1. The first kappa shape index (κ1) is 14.5. The van der Waals surface area contributed by atoms with Crippen molar-refractivity contribution < 1.29 is 9.53 Å². The van der Waals surface area contributed by atoms with Crippen LogP contribution >= 0.6 is 0 Å². The lowest BCUT2D eigenvalue weighted by molar-refractivity contribution is -0.121. The van der Waals surface area contributed by atoms with Gasteiger partial charge in [-0.05, 0) is 43.7 Å². The van der Waals surface area contributed by atoms with Crippen LogP contribution in [0.4, 0.5) is 5.69 Å². The van der Waals surface area contributed by atoms with Crippen LogP contribution in [-0.2, 0) is 16.0 Å². The van der Waals surface area contributed by atoms with Gasteiger partial charge in [-0.3, -0.25) is 4.79 Å².